The second-order valence-corrected chi connectivity index (χ2v) is 5.17. The van der Waals surface area contributed by atoms with E-state index in [-0.39, 0.29) is 18.1 Å². The summed E-state index contributed by atoms with van der Waals surface area (Å²) in [5, 5.41) is 3.40. The number of hydrogen-bond acceptors (Lipinski definition) is 2. The van der Waals surface area contributed by atoms with Gasteiger partial charge < -0.3 is 4.90 Å². The number of nitrogens with one attached hydrogen (secondary N) is 1. The highest BCUT2D eigenvalue weighted by molar-refractivity contribution is 5.84. The Labute approximate surface area is 99.6 Å². The van der Waals surface area contributed by atoms with E-state index in [1.54, 1.807) is 0 Å². The highest BCUT2D eigenvalue weighted by atomic mass is 16.2. The first-order valence-corrected chi connectivity index (χ1v) is 6.61. The van der Waals surface area contributed by atoms with Gasteiger partial charge in [0.1, 0.15) is 0 Å². The minimum Gasteiger partial charge on any atom is -0.323 e. The summed E-state index contributed by atoms with van der Waals surface area (Å²) in [6, 6.07) is 0.389. The lowest BCUT2D eigenvalue weighted by molar-refractivity contribution is -0.132. The molecule has 1 rings (SSSR count). The van der Waals surface area contributed by atoms with E-state index >= 15 is 0 Å². The molecular weight excluding hydrogens is 200 g/mol. The van der Waals surface area contributed by atoms with Crippen molar-refractivity contribution in [3.63, 3.8) is 0 Å². The van der Waals surface area contributed by atoms with Crippen LogP contribution in [0.1, 0.15) is 53.9 Å². The van der Waals surface area contributed by atoms with Gasteiger partial charge in [-0.15, -0.1) is 0 Å². The van der Waals surface area contributed by atoms with E-state index in [0.717, 1.165) is 19.3 Å². The molecule has 0 aliphatic carbocycles. The molecule has 1 aliphatic rings. The minimum absolute atomic E-state index is 0.0155. The van der Waals surface area contributed by atoms with Crippen LogP contribution in [0.4, 0.5) is 0 Å². The van der Waals surface area contributed by atoms with E-state index in [4.69, 9.17) is 0 Å². The number of rotatable bonds is 5. The Morgan fingerprint density at radius 2 is 2.00 bits per heavy atom. The molecule has 1 amide bonds. The Bertz CT molecular complexity index is 240. The zero-order valence-electron chi connectivity index (χ0n) is 11.3. The fourth-order valence-corrected chi connectivity index (χ4v) is 2.56. The van der Waals surface area contributed by atoms with E-state index < -0.39 is 0 Å². The van der Waals surface area contributed by atoms with Gasteiger partial charge in [0.25, 0.3) is 0 Å². The summed E-state index contributed by atoms with van der Waals surface area (Å²) >= 11 is 0. The Hall–Kier alpha value is -0.570. The molecule has 0 radical (unpaired) electrons. The second kappa shape index (κ2) is 5.67. The Kier molecular flexibility index (Phi) is 4.78. The molecule has 1 heterocycles. The van der Waals surface area contributed by atoms with Crippen LogP contribution in [-0.4, -0.2) is 29.1 Å². The van der Waals surface area contributed by atoms with E-state index in [9.17, 15) is 4.79 Å². The number of hydrogen-bond donors (Lipinski definition) is 1. The van der Waals surface area contributed by atoms with Crippen LogP contribution >= 0.6 is 0 Å². The molecule has 3 nitrogen and oxygen atoms in total. The summed E-state index contributed by atoms with van der Waals surface area (Å²) < 4.78 is 0. The first-order valence-electron chi connectivity index (χ1n) is 6.61. The van der Waals surface area contributed by atoms with Crippen molar-refractivity contribution in [2.24, 2.45) is 5.92 Å². The van der Waals surface area contributed by atoms with Crippen LogP contribution in [0.5, 0.6) is 0 Å². The van der Waals surface area contributed by atoms with Crippen LogP contribution in [0.15, 0.2) is 0 Å². The summed E-state index contributed by atoms with van der Waals surface area (Å²) in [5.41, 5.74) is 0. The average Bonchev–Trinajstić information content (AvgIpc) is 2.53. The van der Waals surface area contributed by atoms with Gasteiger partial charge in [0, 0.05) is 6.04 Å². The summed E-state index contributed by atoms with van der Waals surface area (Å²) in [6.45, 7) is 10.7. The lowest BCUT2D eigenvalue weighted by Crippen LogP contribution is -2.47. The van der Waals surface area contributed by atoms with Crippen LogP contribution < -0.4 is 5.32 Å². The molecule has 0 aromatic carbocycles. The van der Waals surface area contributed by atoms with Crippen molar-refractivity contribution < 1.29 is 4.79 Å². The largest absolute Gasteiger partial charge is 0.323 e. The monoisotopic (exact) mass is 226 g/mol. The van der Waals surface area contributed by atoms with Crippen LogP contribution in [0.25, 0.3) is 0 Å². The Morgan fingerprint density at radius 3 is 2.44 bits per heavy atom. The van der Waals surface area contributed by atoms with Crippen LogP contribution in [0.3, 0.4) is 0 Å². The molecule has 1 N–H and O–H groups in total. The van der Waals surface area contributed by atoms with Gasteiger partial charge in [-0.1, -0.05) is 34.1 Å². The van der Waals surface area contributed by atoms with E-state index in [0.29, 0.717) is 12.0 Å². The first-order chi connectivity index (χ1) is 7.52. The van der Waals surface area contributed by atoms with Crippen molar-refractivity contribution in [3.05, 3.63) is 0 Å². The molecule has 3 heteroatoms. The molecule has 0 bridgehead atoms. The van der Waals surface area contributed by atoms with E-state index in [1.807, 2.05) is 6.92 Å². The normalized spacial score (nSPS) is 27.9. The van der Waals surface area contributed by atoms with E-state index in [1.165, 1.54) is 0 Å². The van der Waals surface area contributed by atoms with Crippen molar-refractivity contribution >= 4 is 5.91 Å². The maximum atomic E-state index is 12.2. The molecule has 0 saturated carbocycles. The van der Waals surface area contributed by atoms with Crippen molar-refractivity contribution in [3.8, 4) is 0 Å². The second-order valence-electron chi connectivity index (χ2n) is 5.17. The third-order valence-corrected chi connectivity index (χ3v) is 3.46. The van der Waals surface area contributed by atoms with Crippen LogP contribution in [0.2, 0.25) is 0 Å². The fourth-order valence-electron chi connectivity index (χ4n) is 2.56. The number of carbonyl (C=O) groups is 1. The van der Waals surface area contributed by atoms with Gasteiger partial charge in [-0.25, -0.2) is 0 Å². The zero-order valence-corrected chi connectivity index (χ0v) is 11.3. The third kappa shape index (κ3) is 2.57. The molecule has 1 fully saturated rings. The van der Waals surface area contributed by atoms with E-state index in [2.05, 4.69) is 37.9 Å². The third-order valence-electron chi connectivity index (χ3n) is 3.46. The molecule has 1 saturated heterocycles. The Balaban J connectivity index is 2.83. The standard InChI is InChI=1S/C13H26N2O/c1-6-8-11(7-2)15-12(9(3)4)14-10(5)13(15)16/h9-12,14H,6-8H2,1-5H3. The van der Waals surface area contributed by atoms with Crippen molar-refractivity contribution in [2.45, 2.75) is 72.1 Å². The average molecular weight is 226 g/mol. The molecule has 1 aliphatic heterocycles. The molecule has 3 atom stereocenters. The molecule has 0 spiro atoms. The molecule has 94 valence electrons. The van der Waals surface area contributed by atoms with Crippen molar-refractivity contribution in [1.82, 2.24) is 10.2 Å². The van der Waals surface area contributed by atoms with Gasteiger partial charge in [0.05, 0.1) is 12.2 Å². The minimum atomic E-state index is -0.0155. The van der Waals surface area contributed by atoms with Gasteiger partial charge in [0.15, 0.2) is 0 Å². The fraction of sp³-hybridized carbons (Fsp3) is 0.923. The van der Waals surface area contributed by atoms with Gasteiger partial charge in [-0.05, 0) is 25.7 Å². The van der Waals surface area contributed by atoms with Crippen LogP contribution in [0, 0.1) is 5.92 Å². The van der Waals surface area contributed by atoms with Crippen molar-refractivity contribution in [2.75, 3.05) is 0 Å². The molecule has 0 aromatic rings. The highest BCUT2D eigenvalue weighted by Gasteiger charge is 2.40. The highest BCUT2D eigenvalue weighted by Crippen LogP contribution is 2.24. The van der Waals surface area contributed by atoms with Gasteiger partial charge in [-0.3, -0.25) is 10.1 Å². The molecular formula is C13H26N2O. The lowest BCUT2D eigenvalue weighted by Gasteiger charge is -2.34. The molecule has 0 aromatic heterocycles. The predicted molar refractivity (Wildman–Crippen MR) is 67.1 cm³/mol. The lowest BCUT2D eigenvalue weighted by atomic mass is 10.0. The summed E-state index contributed by atoms with van der Waals surface area (Å²) in [7, 11) is 0. The smallest absolute Gasteiger partial charge is 0.240 e. The maximum absolute atomic E-state index is 12.2. The summed E-state index contributed by atoms with van der Waals surface area (Å²) in [4.78, 5) is 14.3. The van der Waals surface area contributed by atoms with Crippen molar-refractivity contribution in [1.29, 1.82) is 0 Å². The molecule has 3 unspecified atom stereocenters. The summed E-state index contributed by atoms with van der Waals surface area (Å²) in [5.74, 6) is 0.749. The Morgan fingerprint density at radius 1 is 1.38 bits per heavy atom. The van der Waals surface area contributed by atoms with Gasteiger partial charge in [0.2, 0.25) is 5.91 Å². The SMILES string of the molecule is CCCC(CC)N1C(=O)C(C)NC1C(C)C. The van der Waals surface area contributed by atoms with Gasteiger partial charge in [-0.2, -0.15) is 0 Å². The number of amides is 1. The number of nitrogens with zero attached hydrogens (tertiary/aromatic N) is 1. The van der Waals surface area contributed by atoms with Gasteiger partial charge >= 0.3 is 0 Å². The number of carbonyl (C=O) groups excluding carboxylic acids is 1. The maximum Gasteiger partial charge on any atom is 0.240 e. The van der Waals surface area contributed by atoms with Crippen LogP contribution in [-0.2, 0) is 4.79 Å². The predicted octanol–water partition coefficient (Wildman–Crippen LogP) is 2.37. The quantitative estimate of drug-likeness (QED) is 0.780. The molecule has 16 heavy (non-hydrogen) atoms. The summed E-state index contributed by atoms with van der Waals surface area (Å²) in [6.07, 6.45) is 3.53. The topological polar surface area (TPSA) is 32.3 Å². The zero-order chi connectivity index (χ0) is 12.3. The first kappa shape index (κ1) is 13.5.